The Labute approximate surface area is 154 Å². The molecule has 0 saturated heterocycles. The number of nitrogens with two attached hydrogens (primary N) is 1. The minimum Gasteiger partial charge on any atom is -0.399 e. The molecule has 2 aromatic heterocycles. The molecule has 0 fully saturated rings. The maximum absolute atomic E-state index is 13.0. The van der Waals surface area contributed by atoms with Crippen molar-refractivity contribution in [2.24, 2.45) is 0 Å². The van der Waals surface area contributed by atoms with E-state index in [0.717, 1.165) is 22.1 Å². The number of halogens is 5. The topological polar surface area (TPSA) is 55.4 Å². The normalized spacial score (nSPS) is 13.2. The zero-order valence-electron chi connectivity index (χ0n) is 12.9. The van der Waals surface area contributed by atoms with Gasteiger partial charge >= 0.3 is 6.18 Å². The van der Waals surface area contributed by atoms with E-state index in [-0.39, 0.29) is 10.8 Å². The number of nitrogens with zero attached hydrogens (tertiary/aromatic N) is 2. The first-order chi connectivity index (χ1) is 11.6. The number of anilines is 2. The molecule has 0 amide bonds. The standard InChI is InChI=1S/C16H13BrClF3N4/c1-8(9-2-10(16(19,20)21)4-12(22)3-9)23-15-13-5-11(17)6-25(13)7-14(18)24-15/h2-8H,22H2,1H3,(H,23,24)/t8-/m1/s1. The Morgan fingerprint density at radius 1 is 1.24 bits per heavy atom. The maximum atomic E-state index is 13.0. The molecule has 3 aromatic rings. The molecule has 0 aliphatic rings. The largest absolute Gasteiger partial charge is 0.416 e. The van der Waals surface area contributed by atoms with Crippen molar-refractivity contribution in [3.63, 3.8) is 0 Å². The Hall–Kier alpha value is -1.93. The third kappa shape index (κ3) is 3.85. The Balaban J connectivity index is 1.98. The van der Waals surface area contributed by atoms with E-state index in [9.17, 15) is 13.2 Å². The summed E-state index contributed by atoms with van der Waals surface area (Å²) in [4.78, 5) is 4.23. The van der Waals surface area contributed by atoms with E-state index in [1.807, 2.05) is 6.07 Å². The molecule has 0 aliphatic heterocycles. The van der Waals surface area contributed by atoms with Crippen LogP contribution in [0, 0.1) is 0 Å². The quantitative estimate of drug-likeness (QED) is 0.534. The number of benzene rings is 1. The summed E-state index contributed by atoms with van der Waals surface area (Å²) in [6.07, 6.45) is -1.02. The SMILES string of the molecule is C[C@@H](Nc1nc(Cl)cn2cc(Br)cc12)c1cc(N)cc(C(F)(F)F)c1. The zero-order valence-corrected chi connectivity index (χ0v) is 15.2. The summed E-state index contributed by atoms with van der Waals surface area (Å²) < 4.78 is 41.6. The summed E-state index contributed by atoms with van der Waals surface area (Å²) >= 11 is 9.39. The van der Waals surface area contributed by atoms with Crippen LogP contribution in [0.25, 0.3) is 5.52 Å². The predicted octanol–water partition coefficient (Wildman–Crippen LogP) is 5.52. The van der Waals surface area contributed by atoms with Crippen LogP contribution in [0.5, 0.6) is 0 Å². The van der Waals surface area contributed by atoms with Gasteiger partial charge in [-0.05, 0) is 52.7 Å². The van der Waals surface area contributed by atoms with Gasteiger partial charge in [0, 0.05) is 22.6 Å². The van der Waals surface area contributed by atoms with Crippen molar-refractivity contribution < 1.29 is 13.2 Å². The van der Waals surface area contributed by atoms with Crippen LogP contribution in [0.1, 0.15) is 24.1 Å². The molecular formula is C16H13BrClF3N4. The van der Waals surface area contributed by atoms with Crippen molar-refractivity contribution in [3.05, 3.63) is 57.4 Å². The van der Waals surface area contributed by atoms with Crippen LogP contribution in [0.4, 0.5) is 24.7 Å². The van der Waals surface area contributed by atoms with E-state index < -0.39 is 17.8 Å². The molecule has 0 spiro atoms. The van der Waals surface area contributed by atoms with Crippen LogP contribution in [0.2, 0.25) is 5.15 Å². The number of aromatic nitrogens is 2. The average Bonchev–Trinajstić information content (AvgIpc) is 2.86. The predicted molar refractivity (Wildman–Crippen MR) is 95.8 cm³/mol. The van der Waals surface area contributed by atoms with Crippen molar-refractivity contribution in [2.75, 3.05) is 11.1 Å². The number of rotatable bonds is 3. The summed E-state index contributed by atoms with van der Waals surface area (Å²) in [7, 11) is 0. The number of fused-ring (bicyclic) bond motifs is 1. The van der Waals surface area contributed by atoms with Crippen molar-refractivity contribution in [1.82, 2.24) is 9.38 Å². The minimum absolute atomic E-state index is 0.0492. The van der Waals surface area contributed by atoms with Crippen molar-refractivity contribution in [2.45, 2.75) is 19.1 Å². The van der Waals surface area contributed by atoms with Crippen LogP contribution in [-0.4, -0.2) is 9.38 Å². The van der Waals surface area contributed by atoms with Crippen molar-refractivity contribution >= 4 is 44.6 Å². The van der Waals surface area contributed by atoms with Gasteiger partial charge in [0.05, 0.1) is 17.1 Å². The lowest BCUT2D eigenvalue weighted by Gasteiger charge is -2.18. The molecule has 4 nitrogen and oxygen atoms in total. The molecule has 0 radical (unpaired) electrons. The Kier molecular flexibility index (Phi) is 4.59. The molecule has 0 aliphatic carbocycles. The average molecular weight is 434 g/mol. The molecular weight excluding hydrogens is 421 g/mol. The van der Waals surface area contributed by atoms with E-state index in [2.05, 4.69) is 26.2 Å². The van der Waals surface area contributed by atoms with E-state index in [1.54, 1.807) is 23.7 Å². The van der Waals surface area contributed by atoms with Gasteiger partial charge in [-0.1, -0.05) is 11.6 Å². The zero-order chi connectivity index (χ0) is 18.4. The monoisotopic (exact) mass is 432 g/mol. The second-order valence-corrected chi connectivity index (χ2v) is 6.92. The third-order valence-electron chi connectivity index (χ3n) is 3.68. The molecule has 0 unspecified atom stereocenters. The molecule has 3 rings (SSSR count). The first-order valence-corrected chi connectivity index (χ1v) is 8.38. The van der Waals surface area contributed by atoms with E-state index in [0.29, 0.717) is 11.4 Å². The fraction of sp³-hybridized carbons (Fsp3) is 0.188. The highest BCUT2D eigenvalue weighted by atomic mass is 79.9. The molecule has 1 aromatic carbocycles. The highest BCUT2D eigenvalue weighted by Gasteiger charge is 2.31. The Bertz CT molecular complexity index is 939. The maximum Gasteiger partial charge on any atom is 0.416 e. The molecule has 2 heterocycles. The van der Waals surface area contributed by atoms with E-state index >= 15 is 0 Å². The highest BCUT2D eigenvalue weighted by Crippen LogP contribution is 2.34. The van der Waals surface area contributed by atoms with E-state index in [1.165, 1.54) is 6.07 Å². The molecule has 132 valence electrons. The van der Waals surface area contributed by atoms with Crippen LogP contribution in [0.3, 0.4) is 0 Å². The van der Waals surface area contributed by atoms with Gasteiger partial charge in [-0.2, -0.15) is 13.2 Å². The molecule has 0 saturated carbocycles. The fourth-order valence-corrected chi connectivity index (χ4v) is 3.16. The van der Waals surface area contributed by atoms with Gasteiger partial charge in [0.15, 0.2) is 5.82 Å². The fourth-order valence-electron chi connectivity index (χ4n) is 2.53. The summed E-state index contributed by atoms with van der Waals surface area (Å²) in [5.41, 5.74) is 6.03. The van der Waals surface area contributed by atoms with Crippen molar-refractivity contribution in [3.8, 4) is 0 Å². The summed E-state index contributed by atoms with van der Waals surface area (Å²) in [6, 6.07) is 4.86. The lowest BCUT2D eigenvalue weighted by atomic mass is 10.0. The van der Waals surface area contributed by atoms with Gasteiger partial charge in [-0.3, -0.25) is 0 Å². The number of nitrogen functional groups attached to an aromatic ring is 1. The van der Waals surface area contributed by atoms with Gasteiger partial charge in [0.1, 0.15) is 5.15 Å². The lowest BCUT2D eigenvalue weighted by Crippen LogP contribution is -2.12. The first kappa shape index (κ1) is 17.9. The second kappa shape index (κ2) is 6.42. The smallest absolute Gasteiger partial charge is 0.399 e. The highest BCUT2D eigenvalue weighted by molar-refractivity contribution is 9.10. The number of hydrogen-bond donors (Lipinski definition) is 2. The first-order valence-electron chi connectivity index (χ1n) is 7.21. The van der Waals surface area contributed by atoms with Gasteiger partial charge in [-0.15, -0.1) is 0 Å². The van der Waals surface area contributed by atoms with Gasteiger partial charge in [0.25, 0.3) is 0 Å². The molecule has 3 N–H and O–H groups in total. The van der Waals surface area contributed by atoms with Crippen LogP contribution in [-0.2, 0) is 6.18 Å². The summed E-state index contributed by atoms with van der Waals surface area (Å²) in [6.45, 7) is 1.73. The molecule has 1 atom stereocenters. The Morgan fingerprint density at radius 2 is 1.96 bits per heavy atom. The second-order valence-electron chi connectivity index (χ2n) is 5.62. The summed E-state index contributed by atoms with van der Waals surface area (Å²) in [5, 5.41) is 3.36. The van der Waals surface area contributed by atoms with Crippen LogP contribution < -0.4 is 11.1 Å². The minimum atomic E-state index is -4.46. The van der Waals surface area contributed by atoms with E-state index in [4.69, 9.17) is 17.3 Å². The summed E-state index contributed by atoms with van der Waals surface area (Å²) in [5.74, 6) is 0.460. The molecule has 0 bridgehead atoms. The third-order valence-corrected chi connectivity index (χ3v) is 4.30. The molecule has 9 heteroatoms. The van der Waals surface area contributed by atoms with Gasteiger partial charge in [0.2, 0.25) is 0 Å². The Morgan fingerprint density at radius 3 is 2.64 bits per heavy atom. The number of alkyl halides is 3. The number of hydrogen-bond acceptors (Lipinski definition) is 3. The van der Waals surface area contributed by atoms with Gasteiger partial charge < -0.3 is 15.5 Å². The van der Waals surface area contributed by atoms with Crippen molar-refractivity contribution in [1.29, 1.82) is 0 Å². The van der Waals surface area contributed by atoms with Crippen LogP contribution >= 0.6 is 27.5 Å². The molecule has 25 heavy (non-hydrogen) atoms. The van der Waals surface area contributed by atoms with Crippen LogP contribution in [0.15, 0.2) is 41.1 Å². The number of nitrogens with one attached hydrogen (secondary N) is 1. The lowest BCUT2D eigenvalue weighted by molar-refractivity contribution is -0.137. The van der Waals surface area contributed by atoms with Gasteiger partial charge in [-0.25, -0.2) is 4.98 Å².